The van der Waals surface area contributed by atoms with Gasteiger partial charge in [0, 0.05) is 30.1 Å². The minimum Gasteiger partial charge on any atom is -0.489 e. The average molecular weight is 322 g/mol. The molecule has 0 aliphatic carbocycles. The molecule has 1 fully saturated rings. The number of rotatable bonds is 4. The molecule has 24 heavy (non-hydrogen) atoms. The van der Waals surface area contributed by atoms with E-state index >= 15 is 0 Å². The van der Waals surface area contributed by atoms with Gasteiger partial charge in [-0.15, -0.1) is 0 Å². The number of fused-ring (bicyclic) bond motifs is 1. The Hall–Kier alpha value is -2.79. The minimum absolute atomic E-state index is 0.0803. The fourth-order valence-electron chi connectivity index (χ4n) is 2.84. The molecule has 0 radical (unpaired) electrons. The third kappa shape index (κ3) is 2.86. The fraction of sp³-hybridized carbons (Fsp3) is 0.211. The van der Waals surface area contributed by atoms with Crippen molar-refractivity contribution < 1.29 is 14.6 Å². The van der Waals surface area contributed by atoms with E-state index in [-0.39, 0.29) is 5.91 Å². The number of benzene rings is 2. The summed E-state index contributed by atoms with van der Waals surface area (Å²) in [6.45, 7) is 1.31. The van der Waals surface area contributed by atoms with Crippen LogP contribution in [0.25, 0.3) is 10.9 Å². The maximum atomic E-state index is 12.3. The van der Waals surface area contributed by atoms with E-state index in [2.05, 4.69) is 4.98 Å². The van der Waals surface area contributed by atoms with Crippen LogP contribution in [0.2, 0.25) is 0 Å². The van der Waals surface area contributed by atoms with E-state index in [4.69, 9.17) is 4.74 Å². The number of likely N-dealkylation sites (tertiary alicyclic amines) is 1. The van der Waals surface area contributed by atoms with E-state index in [9.17, 15) is 9.90 Å². The van der Waals surface area contributed by atoms with Gasteiger partial charge in [0.1, 0.15) is 18.1 Å². The van der Waals surface area contributed by atoms with E-state index in [0.717, 1.165) is 22.2 Å². The summed E-state index contributed by atoms with van der Waals surface area (Å²) in [6, 6.07) is 17.6. The molecule has 2 N–H and O–H groups in total. The Morgan fingerprint density at radius 1 is 1.17 bits per heavy atom. The third-order valence-corrected chi connectivity index (χ3v) is 4.22. The van der Waals surface area contributed by atoms with Crippen molar-refractivity contribution in [3.63, 3.8) is 0 Å². The number of aromatic amines is 1. The molecule has 1 aromatic heterocycles. The van der Waals surface area contributed by atoms with Gasteiger partial charge in [0.25, 0.3) is 5.91 Å². The van der Waals surface area contributed by atoms with Crippen LogP contribution >= 0.6 is 0 Å². The van der Waals surface area contributed by atoms with E-state index in [1.165, 1.54) is 0 Å². The molecule has 5 nitrogen and oxygen atoms in total. The molecule has 5 heteroatoms. The van der Waals surface area contributed by atoms with Crippen LogP contribution < -0.4 is 4.74 Å². The van der Waals surface area contributed by atoms with Gasteiger partial charge in [0.2, 0.25) is 0 Å². The SMILES string of the molecule is O=C(c1cc2ccc(OCc3ccccc3)cc2[nH]1)N1CC(O)C1. The lowest BCUT2D eigenvalue weighted by Crippen LogP contribution is -2.53. The van der Waals surface area contributed by atoms with Crippen LogP contribution in [0.5, 0.6) is 5.75 Å². The molecule has 0 spiro atoms. The molecule has 4 rings (SSSR count). The second-order valence-corrected chi connectivity index (χ2v) is 6.07. The van der Waals surface area contributed by atoms with Crippen molar-refractivity contribution >= 4 is 16.8 Å². The first-order chi connectivity index (χ1) is 11.7. The number of nitrogens with one attached hydrogen (secondary N) is 1. The van der Waals surface area contributed by atoms with Gasteiger partial charge >= 0.3 is 0 Å². The average Bonchev–Trinajstić information content (AvgIpc) is 3.01. The Labute approximate surface area is 139 Å². The Balaban J connectivity index is 1.50. The number of carbonyl (C=O) groups is 1. The van der Waals surface area contributed by atoms with Crippen LogP contribution in [-0.4, -0.2) is 40.1 Å². The van der Waals surface area contributed by atoms with Crippen molar-refractivity contribution in [2.24, 2.45) is 0 Å². The van der Waals surface area contributed by atoms with Gasteiger partial charge in [-0.3, -0.25) is 4.79 Å². The molecule has 2 aromatic carbocycles. The first-order valence-electron chi connectivity index (χ1n) is 7.96. The van der Waals surface area contributed by atoms with Crippen LogP contribution in [0.15, 0.2) is 54.6 Å². The summed E-state index contributed by atoms with van der Waals surface area (Å²) in [5.74, 6) is 0.676. The molecule has 2 heterocycles. The third-order valence-electron chi connectivity index (χ3n) is 4.22. The van der Waals surface area contributed by atoms with Crippen LogP contribution in [0, 0.1) is 0 Å². The number of ether oxygens (including phenoxy) is 1. The number of hydrogen-bond donors (Lipinski definition) is 2. The summed E-state index contributed by atoms with van der Waals surface area (Å²) in [5, 5.41) is 10.3. The summed E-state index contributed by atoms with van der Waals surface area (Å²) in [5.41, 5.74) is 2.51. The number of aliphatic hydroxyl groups excluding tert-OH is 1. The van der Waals surface area contributed by atoms with Gasteiger partial charge < -0.3 is 19.7 Å². The molecular formula is C19H18N2O3. The predicted molar refractivity (Wildman–Crippen MR) is 91.0 cm³/mol. The van der Waals surface area contributed by atoms with Crippen molar-refractivity contribution in [2.45, 2.75) is 12.7 Å². The van der Waals surface area contributed by atoms with E-state index in [1.54, 1.807) is 4.90 Å². The normalized spacial score (nSPS) is 14.6. The fourth-order valence-corrected chi connectivity index (χ4v) is 2.84. The predicted octanol–water partition coefficient (Wildman–Crippen LogP) is 2.56. The molecule has 1 saturated heterocycles. The van der Waals surface area contributed by atoms with Crippen molar-refractivity contribution in [3.05, 3.63) is 65.9 Å². The van der Waals surface area contributed by atoms with Crippen molar-refractivity contribution in [3.8, 4) is 5.75 Å². The number of nitrogens with zero attached hydrogens (tertiary/aromatic N) is 1. The Morgan fingerprint density at radius 3 is 2.71 bits per heavy atom. The highest BCUT2D eigenvalue weighted by molar-refractivity contribution is 5.98. The standard InChI is InChI=1S/C19H18N2O3/c22-15-10-21(11-15)19(23)18-8-14-6-7-16(9-17(14)20-18)24-12-13-4-2-1-3-5-13/h1-9,15,20,22H,10-12H2. The van der Waals surface area contributed by atoms with Gasteiger partial charge in [-0.1, -0.05) is 30.3 Å². The maximum Gasteiger partial charge on any atom is 0.270 e. The van der Waals surface area contributed by atoms with Gasteiger partial charge in [0.05, 0.1) is 6.10 Å². The molecule has 3 aromatic rings. The zero-order valence-electron chi connectivity index (χ0n) is 13.1. The lowest BCUT2D eigenvalue weighted by molar-refractivity contribution is 0.00557. The van der Waals surface area contributed by atoms with Gasteiger partial charge in [-0.2, -0.15) is 0 Å². The quantitative estimate of drug-likeness (QED) is 0.776. The summed E-state index contributed by atoms with van der Waals surface area (Å²) in [6.07, 6.45) is -0.392. The van der Waals surface area contributed by atoms with Crippen LogP contribution in [0.1, 0.15) is 16.1 Å². The monoisotopic (exact) mass is 322 g/mol. The molecule has 1 aliphatic rings. The molecule has 0 bridgehead atoms. The number of β-amino-alcohol motifs (C(OH)–C–C–N with tert-alkyl or cyclic N) is 1. The summed E-state index contributed by atoms with van der Waals surface area (Å²) >= 11 is 0. The van der Waals surface area contributed by atoms with E-state index in [1.807, 2.05) is 54.6 Å². The molecular weight excluding hydrogens is 304 g/mol. The Bertz CT molecular complexity index is 867. The Morgan fingerprint density at radius 2 is 1.96 bits per heavy atom. The van der Waals surface area contributed by atoms with Gasteiger partial charge in [0.15, 0.2) is 0 Å². The highest BCUT2D eigenvalue weighted by atomic mass is 16.5. The smallest absolute Gasteiger partial charge is 0.270 e. The highest BCUT2D eigenvalue weighted by Gasteiger charge is 2.30. The van der Waals surface area contributed by atoms with Crippen LogP contribution in [0.3, 0.4) is 0 Å². The minimum atomic E-state index is -0.392. The van der Waals surface area contributed by atoms with E-state index in [0.29, 0.717) is 25.4 Å². The highest BCUT2D eigenvalue weighted by Crippen LogP contribution is 2.23. The number of aromatic nitrogens is 1. The second-order valence-electron chi connectivity index (χ2n) is 6.07. The zero-order chi connectivity index (χ0) is 16.5. The first-order valence-corrected chi connectivity index (χ1v) is 7.96. The number of amides is 1. The summed E-state index contributed by atoms with van der Waals surface area (Å²) in [4.78, 5) is 17.1. The Kier molecular flexibility index (Phi) is 3.70. The number of aliphatic hydroxyl groups is 1. The summed E-state index contributed by atoms with van der Waals surface area (Å²) in [7, 11) is 0. The number of H-pyrrole nitrogens is 1. The molecule has 0 atom stereocenters. The molecule has 1 aliphatic heterocycles. The lowest BCUT2D eigenvalue weighted by Gasteiger charge is -2.35. The van der Waals surface area contributed by atoms with Gasteiger partial charge in [-0.05, 0) is 23.8 Å². The molecule has 122 valence electrons. The van der Waals surface area contributed by atoms with E-state index < -0.39 is 6.10 Å². The summed E-state index contributed by atoms with van der Waals surface area (Å²) < 4.78 is 5.82. The lowest BCUT2D eigenvalue weighted by atomic mass is 10.1. The second kappa shape index (κ2) is 6.02. The molecule has 0 unspecified atom stereocenters. The number of hydrogen-bond acceptors (Lipinski definition) is 3. The van der Waals surface area contributed by atoms with Crippen molar-refractivity contribution in [2.75, 3.05) is 13.1 Å². The van der Waals surface area contributed by atoms with Crippen LogP contribution in [0.4, 0.5) is 0 Å². The van der Waals surface area contributed by atoms with Crippen molar-refractivity contribution in [1.29, 1.82) is 0 Å². The van der Waals surface area contributed by atoms with Gasteiger partial charge in [-0.25, -0.2) is 0 Å². The number of carbonyl (C=O) groups excluding carboxylic acids is 1. The topological polar surface area (TPSA) is 65.6 Å². The first kappa shape index (κ1) is 14.8. The molecule has 0 saturated carbocycles. The van der Waals surface area contributed by atoms with Crippen LogP contribution in [-0.2, 0) is 6.61 Å². The van der Waals surface area contributed by atoms with Crippen molar-refractivity contribution in [1.82, 2.24) is 9.88 Å². The maximum absolute atomic E-state index is 12.3. The largest absolute Gasteiger partial charge is 0.489 e. The molecule has 1 amide bonds. The zero-order valence-corrected chi connectivity index (χ0v) is 13.1.